The van der Waals surface area contributed by atoms with Gasteiger partial charge in [-0.15, -0.1) is 0 Å². The van der Waals surface area contributed by atoms with Gasteiger partial charge in [0.15, 0.2) is 0 Å². The predicted molar refractivity (Wildman–Crippen MR) is 70.6 cm³/mol. The summed E-state index contributed by atoms with van der Waals surface area (Å²) in [7, 11) is 8.65. The molecule has 1 heterocycles. The Kier molecular flexibility index (Phi) is 3.11. The number of hydrogen-bond donors (Lipinski definition) is 0. The first-order chi connectivity index (χ1) is 7.42. The zero-order valence-corrected chi connectivity index (χ0v) is 11.2. The van der Waals surface area contributed by atoms with Crippen LogP contribution in [0.4, 0.5) is 0 Å². The summed E-state index contributed by atoms with van der Waals surface area (Å²) in [6.45, 7) is 6.80. The second kappa shape index (κ2) is 4.12. The normalized spacial score (nSPS) is 40.6. The summed E-state index contributed by atoms with van der Waals surface area (Å²) in [6.07, 6.45) is 6.32. The number of rotatable bonds is 0. The lowest BCUT2D eigenvalue weighted by Crippen LogP contribution is -2.35. The van der Waals surface area contributed by atoms with Crippen LogP contribution in [0, 0.1) is 5.92 Å². The lowest BCUT2D eigenvalue weighted by molar-refractivity contribution is 0.213. The van der Waals surface area contributed by atoms with E-state index in [-0.39, 0.29) is 5.31 Å². The summed E-state index contributed by atoms with van der Waals surface area (Å²) in [5, 5.41) is 0.0303. The first kappa shape index (κ1) is 12.1. The monoisotopic (exact) mass is 217 g/mol. The van der Waals surface area contributed by atoms with Gasteiger partial charge in [-0.2, -0.15) is 0 Å². The Balaban J connectivity index is 2.22. The SMILES string of the molecule is [B]C1(C)CCCCC2C(C)=C(C)N(C)C2C1. The van der Waals surface area contributed by atoms with Gasteiger partial charge in [-0.05, 0) is 32.3 Å². The predicted octanol–water partition coefficient (Wildman–Crippen LogP) is 3.52. The Morgan fingerprint density at radius 2 is 2.00 bits per heavy atom. The van der Waals surface area contributed by atoms with Crippen LogP contribution in [0.1, 0.15) is 52.9 Å². The van der Waals surface area contributed by atoms with Gasteiger partial charge in [0.25, 0.3) is 0 Å². The van der Waals surface area contributed by atoms with Crippen LogP contribution in [0.5, 0.6) is 0 Å². The molecule has 0 aromatic carbocycles. The molecule has 0 aromatic heterocycles. The number of nitrogens with zero attached hydrogens (tertiary/aromatic N) is 1. The van der Waals surface area contributed by atoms with Crippen LogP contribution in [-0.2, 0) is 0 Å². The van der Waals surface area contributed by atoms with Crippen molar-refractivity contribution in [3.63, 3.8) is 0 Å². The largest absolute Gasteiger partial charge is 0.375 e. The molecule has 3 atom stereocenters. The molecule has 2 radical (unpaired) electrons. The second-order valence-corrected chi connectivity index (χ2v) is 6.16. The minimum absolute atomic E-state index is 0.0303. The van der Waals surface area contributed by atoms with Crippen molar-refractivity contribution >= 4 is 7.85 Å². The molecule has 0 spiro atoms. The molecule has 2 aliphatic rings. The van der Waals surface area contributed by atoms with Crippen molar-refractivity contribution in [2.45, 2.75) is 64.2 Å². The second-order valence-electron chi connectivity index (χ2n) is 6.16. The fourth-order valence-electron chi connectivity index (χ4n) is 3.51. The maximum atomic E-state index is 6.41. The summed E-state index contributed by atoms with van der Waals surface area (Å²) in [5.74, 6) is 0.758. The Morgan fingerprint density at radius 3 is 2.69 bits per heavy atom. The highest BCUT2D eigenvalue weighted by Crippen LogP contribution is 2.46. The van der Waals surface area contributed by atoms with Crippen LogP contribution in [-0.4, -0.2) is 25.8 Å². The smallest absolute Gasteiger partial charge is 0.0743 e. The molecule has 0 bridgehead atoms. The third-order valence-corrected chi connectivity index (χ3v) is 4.81. The molecule has 0 amide bonds. The van der Waals surface area contributed by atoms with Crippen LogP contribution in [0.3, 0.4) is 0 Å². The van der Waals surface area contributed by atoms with Crippen molar-refractivity contribution in [2.75, 3.05) is 7.05 Å². The van der Waals surface area contributed by atoms with E-state index in [1.54, 1.807) is 5.57 Å². The fourth-order valence-corrected chi connectivity index (χ4v) is 3.51. The van der Waals surface area contributed by atoms with Crippen LogP contribution >= 0.6 is 0 Å². The average molecular weight is 217 g/mol. The van der Waals surface area contributed by atoms with Crippen molar-refractivity contribution < 1.29 is 0 Å². The van der Waals surface area contributed by atoms with E-state index in [2.05, 4.69) is 32.7 Å². The zero-order chi connectivity index (χ0) is 11.9. The third-order valence-electron chi connectivity index (χ3n) is 4.81. The Bertz CT molecular complexity index is 306. The molecule has 2 rings (SSSR count). The topological polar surface area (TPSA) is 3.24 Å². The molecule has 16 heavy (non-hydrogen) atoms. The minimum Gasteiger partial charge on any atom is -0.375 e. The standard InChI is InChI=1S/C14H24BN/c1-10-11(2)16(4)13-9-14(3,15)8-6-5-7-12(10)13/h12-13H,5-9H2,1-4H3. The average Bonchev–Trinajstić information content (AvgIpc) is 2.37. The Morgan fingerprint density at radius 1 is 1.31 bits per heavy atom. The minimum atomic E-state index is 0.0303. The Hall–Kier alpha value is -0.395. The van der Waals surface area contributed by atoms with Crippen LogP contribution in [0.25, 0.3) is 0 Å². The van der Waals surface area contributed by atoms with E-state index in [1.807, 2.05) is 0 Å². The van der Waals surface area contributed by atoms with Crippen LogP contribution in [0.2, 0.25) is 5.31 Å². The van der Waals surface area contributed by atoms with Crippen LogP contribution < -0.4 is 0 Å². The summed E-state index contributed by atoms with van der Waals surface area (Å²) < 4.78 is 0. The van der Waals surface area contributed by atoms with E-state index in [9.17, 15) is 0 Å². The molecule has 88 valence electrons. The van der Waals surface area contributed by atoms with E-state index in [1.165, 1.54) is 31.4 Å². The molecule has 1 saturated carbocycles. The van der Waals surface area contributed by atoms with Crippen molar-refractivity contribution in [3.05, 3.63) is 11.3 Å². The van der Waals surface area contributed by atoms with Crippen molar-refractivity contribution in [2.24, 2.45) is 5.92 Å². The lowest BCUT2D eigenvalue weighted by atomic mass is 9.61. The highest BCUT2D eigenvalue weighted by molar-refractivity contribution is 6.14. The van der Waals surface area contributed by atoms with Gasteiger partial charge in [0.2, 0.25) is 0 Å². The van der Waals surface area contributed by atoms with Gasteiger partial charge >= 0.3 is 0 Å². The van der Waals surface area contributed by atoms with E-state index >= 15 is 0 Å². The van der Waals surface area contributed by atoms with Gasteiger partial charge in [0, 0.05) is 24.7 Å². The van der Waals surface area contributed by atoms with Crippen molar-refractivity contribution in [3.8, 4) is 0 Å². The number of allylic oxidation sites excluding steroid dienone is 1. The molecule has 1 nitrogen and oxygen atoms in total. The maximum Gasteiger partial charge on any atom is 0.0743 e. The molecule has 0 saturated heterocycles. The number of fused-ring (bicyclic) bond motifs is 1. The molecule has 0 aromatic rings. The molecule has 2 heteroatoms. The van der Waals surface area contributed by atoms with E-state index < -0.39 is 0 Å². The highest BCUT2D eigenvalue weighted by atomic mass is 15.2. The maximum absolute atomic E-state index is 6.41. The zero-order valence-electron chi connectivity index (χ0n) is 11.2. The van der Waals surface area contributed by atoms with E-state index in [4.69, 9.17) is 7.85 Å². The molecule has 3 unspecified atom stereocenters. The Labute approximate surface area is 102 Å². The van der Waals surface area contributed by atoms with E-state index in [0.29, 0.717) is 6.04 Å². The van der Waals surface area contributed by atoms with Gasteiger partial charge in [-0.1, -0.05) is 31.5 Å². The summed E-state index contributed by atoms with van der Waals surface area (Å²) in [6, 6.07) is 0.648. The van der Waals surface area contributed by atoms with Gasteiger partial charge in [0.1, 0.15) is 0 Å². The summed E-state index contributed by atoms with van der Waals surface area (Å²) in [4.78, 5) is 2.47. The van der Waals surface area contributed by atoms with Crippen molar-refractivity contribution in [1.82, 2.24) is 4.90 Å². The lowest BCUT2D eigenvalue weighted by Gasteiger charge is -2.38. The van der Waals surface area contributed by atoms with E-state index in [0.717, 1.165) is 12.3 Å². The molecule has 1 fully saturated rings. The summed E-state index contributed by atoms with van der Waals surface area (Å²) in [5.41, 5.74) is 3.08. The third kappa shape index (κ3) is 2.03. The quantitative estimate of drug-likeness (QED) is 0.561. The van der Waals surface area contributed by atoms with Gasteiger partial charge in [0.05, 0.1) is 7.85 Å². The first-order valence-corrected chi connectivity index (χ1v) is 6.61. The van der Waals surface area contributed by atoms with Gasteiger partial charge in [-0.3, -0.25) is 0 Å². The van der Waals surface area contributed by atoms with Crippen molar-refractivity contribution in [1.29, 1.82) is 0 Å². The molecular weight excluding hydrogens is 193 g/mol. The van der Waals surface area contributed by atoms with Gasteiger partial charge in [-0.25, -0.2) is 0 Å². The molecular formula is C14H24BN. The highest BCUT2D eigenvalue weighted by Gasteiger charge is 2.38. The first-order valence-electron chi connectivity index (χ1n) is 6.61. The molecule has 0 N–H and O–H groups in total. The van der Waals surface area contributed by atoms with Gasteiger partial charge < -0.3 is 4.90 Å². The van der Waals surface area contributed by atoms with Crippen LogP contribution in [0.15, 0.2) is 11.3 Å². The number of hydrogen-bond acceptors (Lipinski definition) is 1. The molecule has 1 aliphatic carbocycles. The molecule has 1 aliphatic heterocycles. The fraction of sp³-hybridized carbons (Fsp3) is 0.857. The summed E-state index contributed by atoms with van der Waals surface area (Å²) >= 11 is 0.